The fraction of sp³-hybridized carbons (Fsp3) is 0.318. The van der Waals surface area contributed by atoms with E-state index >= 15 is 0 Å². The van der Waals surface area contributed by atoms with E-state index in [1.165, 1.54) is 16.4 Å². The number of anilines is 1. The normalized spacial score (nSPS) is 17.0. The molecule has 1 atom stereocenters. The molecule has 0 unspecified atom stereocenters. The Kier molecular flexibility index (Phi) is 6.68. The Balaban J connectivity index is 1.52. The summed E-state index contributed by atoms with van der Waals surface area (Å²) < 4.78 is 38.3. The van der Waals surface area contributed by atoms with Gasteiger partial charge in [-0.3, -0.25) is 4.79 Å². The molecule has 0 spiro atoms. The van der Waals surface area contributed by atoms with E-state index in [1.807, 2.05) is 0 Å². The summed E-state index contributed by atoms with van der Waals surface area (Å²) in [5, 5.41) is 6.78. The minimum absolute atomic E-state index is 0.0552. The van der Waals surface area contributed by atoms with Gasteiger partial charge in [-0.05, 0) is 55.3 Å². The first-order valence-corrected chi connectivity index (χ1v) is 12.1. The summed E-state index contributed by atoms with van der Waals surface area (Å²) in [5.74, 6) is 0.597. The monoisotopic (exact) mass is 490 g/mol. The first-order valence-electron chi connectivity index (χ1n) is 10.3. The fourth-order valence-corrected chi connectivity index (χ4v) is 5.71. The number of sulfonamides is 1. The van der Waals surface area contributed by atoms with Crippen LogP contribution in [-0.2, 0) is 14.8 Å². The third-order valence-corrected chi connectivity index (χ3v) is 7.79. The number of ether oxygens (including phenoxy) is 1. The molecular weight excluding hydrogens is 468 g/mol. The van der Waals surface area contributed by atoms with Crippen LogP contribution in [0.25, 0.3) is 11.4 Å². The number of aryl methyl sites for hydroxylation is 1. The van der Waals surface area contributed by atoms with Crippen molar-refractivity contribution >= 4 is 33.2 Å². The highest BCUT2D eigenvalue weighted by Crippen LogP contribution is 2.32. The Morgan fingerprint density at radius 1 is 1.24 bits per heavy atom. The first kappa shape index (κ1) is 23.2. The predicted molar refractivity (Wildman–Crippen MR) is 123 cm³/mol. The number of carbonyl (C=O) groups excluding carboxylic acids is 1. The maximum Gasteiger partial charge on any atom is 0.244 e. The van der Waals surface area contributed by atoms with Crippen LogP contribution in [0.3, 0.4) is 0 Å². The smallest absolute Gasteiger partial charge is 0.244 e. The van der Waals surface area contributed by atoms with Gasteiger partial charge in [0.25, 0.3) is 0 Å². The molecule has 4 rings (SSSR count). The first-order chi connectivity index (χ1) is 15.8. The summed E-state index contributed by atoms with van der Waals surface area (Å²) in [6.45, 7) is 2.01. The average Bonchev–Trinajstić information content (AvgIpc) is 3.26. The summed E-state index contributed by atoms with van der Waals surface area (Å²) >= 11 is 6.26. The van der Waals surface area contributed by atoms with Crippen molar-refractivity contribution in [3.8, 4) is 17.1 Å². The van der Waals surface area contributed by atoms with Crippen LogP contribution in [0, 0.1) is 12.8 Å². The minimum atomic E-state index is -3.95. The van der Waals surface area contributed by atoms with Crippen LogP contribution in [0.4, 0.5) is 5.69 Å². The van der Waals surface area contributed by atoms with Gasteiger partial charge in [0.1, 0.15) is 10.6 Å². The predicted octanol–water partition coefficient (Wildman–Crippen LogP) is 3.75. The van der Waals surface area contributed by atoms with Gasteiger partial charge >= 0.3 is 0 Å². The summed E-state index contributed by atoms with van der Waals surface area (Å²) in [7, 11) is -2.38. The standard InChI is InChI=1S/C22H23ClN4O5S/c1-14-24-21(26-32-14)15-5-10-19(23)20(12-15)33(29,30)27-11-3-4-16(13-27)22(28)25-17-6-8-18(31-2)9-7-17/h5-10,12,16H,3-4,11,13H2,1-2H3,(H,25,28)/t16-/m1/s1. The number of rotatable bonds is 6. The molecule has 1 aliphatic heterocycles. The molecule has 0 saturated carbocycles. The van der Waals surface area contributed by atoms with Crippen molar-refractivity contribution in [2.24, 2.45) is 5.92 Å². The zero-order valence-corrected chi connectivity index (χ0v) is 19.7. The number of piperidine rings is 1. The molecule has 1 saturated heterocycles. The number of nitrogens with zero attached hydrogens (tertiary/aromatic N) is 3. The third kappa shape index (κ3) is 5.02. The lowest BCUT2D eigenvalue weighted by atomic mass is 9.99. The minimum Gasteiger partial charge on any atom is -0.497 e. The van der Waals surface area contributed by atoms with Crippen molar-refractivity contribution in [2.45, 2.75) is 24.7 Å². The lowest BCUT2D eigenvalue weighted by Gasteiger charge is -2.31. The highest BCUT2D eigenvalue weighted by atomic mass is 35.5. The van der Waals surface area contributed by atoms with Gasteiger partial charge in [0.05, 0.1) is 18.1 Å². The molecule has 0 bridgehead atoms. The summed E-state index contributed by atoms with van der Waals surface area (Å²) in [6.07, 6.45) is 1.14. The van der Waals surface area contributed by atoms with Gasteiger partial charge in [-0.15, -0.1) is 0 Å². The molecule has 2 aromatic carbocycles. The SMILES string of the molecule is COc1ccc(NC(=O)[C@@H]2CCCN(S(=O)(=O)c3cc(-c4noc(C)n4)ccc3Cl)C2)cc1. The Morgan fingerprint density at radius 3 is 2.67 bits per heavy atom. The lowest BCUT2D eigenvalue weighted by molar-refractivity contribution is -0.120. The summed E-state index contributed by atoms with van der Waals surface area (Å²) in [4.78, 5) is 16.9. The van der Waals surface area contributed by atoms with Gasteiger partial charge in [-0.1, -0.05) is 16.8 Å². The van der Waals surface area contributed by atoms with E-state index in [0.717, 1.165) is 0 Å². The van der Waals surface area contributed by atoms with Crippen molar-refractivity contribution in [1.82, 2.24) is 14.4 Å². The maximum atomic E-state index is 13.4. The van der Waals surface area contributed by atoms with Crippen LogP contribution >= 0.6 is 11.6 Å². The number of hydrogen-bond acceptors (Lipinski definition) is 7. The van der Waals surface area contributed by atoms with Crippen molar-refractivity contribution in [3.05, 3.63) is 53.4 Å². The van der Waals surface area contributed by atoms with Crippen molar-refractivity contribution < 1.29 is 22.5 Å². The molecule has 174 valence electrons. The zero-order chi connectivity index (χ0) is 23.6. The second-order valence-corrected chi connectivity index (χ2v) is 10.0. The molecule has 9 nitrogen and oxygen atoms in total. The van der Waals surface area contributed by atoms with E-state index in [1.54, 1.807) is 44.4 Å². The molecule has 1 aromatic heterocycles. The molecule has 1 N–H and O–H groups in total. The van der Waals surface area contributed by atoms with Crippen LogP contribution in [0.15, 0.2) is 51.9 Å². The van der Waals surface area contributed by atoms with Gasteiger partial charge in [0.2, 0.25) is 27.6 Å². The molecule has 3 aromatic rings. The highest BCUT2D eigenvalue weighted by Gasteiger charge is 2.34. The number of hydrogen-bond donors (Lipinski definition) is 1. The molecule has 1 amide bonds. The van der Waals surface area contributed by atoms with Crippen LogP contribution in [-0.4, -0.2) is 49.0 Å². The highest BCUT2D eigenvalue weighted by molar-refractivity contribution is 7.89. The number of aromatic nitrogens is 2. The number of benzene rings is 2. The van der Waals surface area contributed by atoms with Gasteiger partial charge in [0.15, 0.2) is 0 Å². The molecule has 0 radical (unpaired) electrons. The molecule has 11 heteroatoms. The van der Waals surface area contributed by atoms with Gasteiger partial charge in [-0.25, -0.2) is 8.42 Å². The van der Waals surface area contributed by atoms with Crippen molar-refractivity contribution in [2.75, 3.05) is 25.5 Å². The van der Waals surface area contributed by atoms with E-state index < -0.39 is 15.9 Å². The molecule has 1 fully saturated rings. The van der Waals surface area contributed by atoms with Crippen LogP contribution in [0.5, 0.6) is 5.75 Å². The number of methoxy groups -OCH3 is 1. The van der Waals surface area contributed by atoms with Crippen molar-refractivity contribution in [3.63, 3.8) is 0 Å². The molecule has 0 aliphatic carbocycles. The van der Waals surface area contributed by atoms with E-state index in [0.29, 0.717) is 42.3 Å². The van der Waals surface area contributed by atoms with Gasteiger partial charge < -0.3 is 14.6 Å². The maximum absolute atomic E-state index is 13.4. The number of nitrogens with one attached hydrogen (secondary N) is 1. The van der Waals surface area contributed by atoms with Gasteiger partial charge in [0, 0.05) is 31.3 Å². The second-order valence-electron chi connectivity index (χ2n) is 7.70. The average molecular weight is 491 g/mol. The Hall–Kier alpha value is -2.95. The van der Waals surface area contributed by atoms with E-state index in [4.69, 9.17) is 20.9 Å². The van der Waals surface area contributed by atoms with E-state index in [-0.39, 0.29) is 28.2 Å². The van der Waals surface area contributed by atoms with Crippen LogP contribution in [0.2, 0.25) is 5.02 Å². The Labute approximate surface area is 196 Å². The van der Waals surface area contributed by atoms with E-state index in [9.17, 15) is 13.2 Å². The quantitative estimate of drug-likeness (QED) is 0.559. The largest absolute Gasteiger partial charge is 0.497 e. The zero-order valence-electron chi connectivity index (χ0n) is 18.1. The van der Waals surface area contributed by atoms with E-state index in [2.05, 4.69) is 15.5 Å². The number of halogens is 1. The van der Waals surface area contributed by atoms with Crippen molar-refractivity contribution in [1.29, 1.82) is 0 Å². The number of amides is 1. The third-order valence-electron chi connectivity index (χ3n) is 5.45. The molecule has 1 aliphatic rings. The topological polar surface area (TPSA) is 115 Å². The molecule has 33 heavy (non-hydrogen) atoms. The summed E-state index contributed by atoms with van der Waals surface area (Å²) in [6, 6.07) is 11.5. The second kappa shape index (κ2) is 9.50. The number of carbonyl (C=O) groups is 1. The summed E-state index contributed by atoms with van der Waals surface area (Å²) in [5.41, 5.74) is 1.09. The lowest BCUT2D eigenvalue weighted by Crippen LogP contribution is -2.43. The van der Waals surface area contributed by atoms with Crippen LogP contribution in [0.1, 0.15) is 18.7 Å². The van der Waals surface area contributed by atoms with Crippen LogP contribution < -0.4 is 10.1 Å². The van der Waals surface area contributed by atoms with Gasteiger partial charge in [-0.2, -0.15) is 9.29 Å². The fourth-order valence-electron chi connectivity index (χ4n) is 3.69. The Bertz CT molecular complexity index is 1260. The molecular formula is C22H23ClN4O5S. The Morgan fingerprint density at radius 2 is 2.00 bits per heavy atom. The molecule has 2 heterocycles.